The highest BCUT2D eigenvalue weighted by Gasteiger charge is 2.68. The molecule has 0 spiro atoms. The number of likely N-dealkylation sites (N-methyl/N-ethyl adjacent to an activating group) is 1. The van der Waals surface area contributed by atoms with Crippen molar-refractivity contribution in [2.24, 2.45) is 34.6 Å². The van der Waals surface area contributed by atoms with Crippen molar-refractivity contribution >= 4 is 30.1 Å². The number of esters is 1. The topological polar surface area (TPSA) is 116 Å². The van der Waals surface area contributed by atoms with Crippen LogP contribution in [0.1, 0.15) is 37.7 Å². The lowest BCUT2D eigenvalue weighted by molar-refractivity contribution is -0.189. The molecule has 176 valence electrons. The molecule has 0 saturated heterocycles. The predicted molar refractivity (Wildman–Crippen MR) is 123 cm³/mol. The number of carbonyl (C=O) groups is 3. The lowest BCUT2D eigenvalue weighted by Crippen LogP contribution is -2.72. The smallest absolute Gasteiger partial charge is 0.312 e. The molecule has 4 fully saturated rings. The number of halogens is 1. The van der Waals surface area contributed by atoms with E-state index in [0.29, 0.717) is 31.1 Å². The Balaban J connectivity index is 0.00000289. The molecule has 5 rings (SSSR count). The molecule has 1 aromatic carbocycles. The van der Waals surface area contributed by atoms with Crippen molar-refractivity contribution in [1.82, 2.24) is 4.90 Å². The van der Waals surface area contributed by atoms with E-state index < -0.39 is 22.9 Å². The molecule has 0 radical (unpaired) electrons. The first-order chi connectivity index (χ1) is 14.7. The van der Waals surface area contributed by atoms with Crippen LogP contribution in [0.25, 0.3) is 0 Å². The Bertz CT molecular complexity index is 863. The molecular formula is C24H34ClN3O4. The maximum absolute atomic E-state index is 14.2. The number of carbonyl (C=O) groups excluding carboxylic acids is 3. The van der Waals surface area contributed by atoms with Gasteiger partial charge in [-0.3, -0.25) is 14.4 Å². The van der Waals surface area contributed by atoms with E-state index in [2.05, 4.69) is 0 Å². The summed E-state index contributed by atoms with van der Waals surface area (Å²) in [6.07, 6.45) is 4.18. The standard InChI is InChI=1S/C24H33N3O4.ClH/c1-27(19(28)14-25)18(9-15-6-4-3-5-7-15)20(29)21-23(22(30)31-2)10-16-8-17(11-23)13-24(21,26)12-16;/h3-7,16-18,21H,8-14,25-26H2,1-2H3;1H/t16?,17?,18-,21?,23?,24?;/m0./s1. The fourth-order valence-corrected chi connectivity index (χ4v) is 7.06. The Morgan fingerprint density at radius 2 is 1.72 bits per heavy atom. The third kappa shape index (κ3) is 3.95. The molecule has 4 bridgehead atoms. The maximum Gasteiger partial charge on any atom is 0.312 e. The van der Waals surface area contributed by atoms with Crippen molar-refractivity contribution in [3.8, 4) is 0 Å². The summed E-state index contributed by atoms with van der Waals surface area (Å²) in [4.78, 5) is 41.3. The number of ether oxygens (including phenoxy) is 1. The zero-order valence-electron chi connectivity index (χ0n) is 18.8. The zero-order chi connectivity index (χ0) is 22.4. The van der Waals surface area contributed by atoms with Crippen molar-refractivity contribution in [1.29, 1.82) is 0 Å². The number of Topliss-reactive ketones (excluding diaryl/α,β-unsaturated/α-hetero) is 1. The van der Waals surface area contributed by atoms with Crippen LogP contribution in [-0.4, -0.2) is 54.8 Å². The van der Waals surface area contributed by atoms with E-state index in [1.54, 1.807) is 7.05 Å². The van der Waals surface area contributed by atoms with Gasteiger partial charge in [-0.25, -0.2) is 0 Å². The number of hydrogen-bond donors (Lipinski definition) is 2. The first-order valence-electron chi connectivity index (χ1n) is 11.1. The number of hydrogen-bond acceptors (Lipinski definition) is 6. The highest BCUT2D eigenvalue weighted by atomic mass is 35.5. The molecule has 1 aromatic rings. The molecular weight excluding hydrogens is 430 g/mol. The van der Waals surface area contributed by atoms with Gasteiger partial charge in [0.05, 0.1) is 31.0 Å². The minimum atomic E-state index is -0.897. The molecule has 0 aromatic heterocycles. The van der Waals surface area contributed by atoms with Gasteiger partial charge < -0.3 is 21.1 Å². The average Bonchev–Trinajstić information content (AvgIpc) is 2.74. The van der Waals surface area contributed by atoms with Gasteiger partial charge in [0.1, 0.15) is 0 Å². The Hall–Kier alpha value is -1.96. The van der Waals surface area contributed by atoms with Gasteiger partial charge in [-0.05, 0) is 55.9 Å². The van der Waals surface area contributed by atoms with E-state index in [4.69, 9.17) is 16.2 Å². The van der Waals surface area contributed by atoms with Crippen LogP contribution in [0.2, 0.25) is 0 Å². The van der Waals surface area contributed by atoms with Crippen LogP contribution in [-0.2, 0) is 25.5 Å². The molecule has 0 aliphatic heterocycles. The summed E-state index contributed by atoms with van der Waals surface area (Å²) in [7, 11) is 3.00. The second-order valence-corrected chi connectivity index (χ2v) is 9.91. The SMILES string of the molecule is COC(=O)C12CC3CC(CC(N)(C3)C1C(=O)[C@H](Cc1ccccc1)N(C)C(=O)CN)C2.Cl. The van der Waals surface area contributed by atoms with Crippen LogP contribution in [0.5, 0.6) is 0 Å². The molecule has 4 atom stereocenters. The summed E-state index contributed by atoms with van der Waals surface area (Å²) in [6, 6.07) is 8.87. The second kappa shape index (κ2) is 9.12. The van der Waals surface area contributed by atoms with Crippen LogP contribution in [0, 0.1) is 23.2 Å². The normalized spacial score (nSPS) is 33.2. The fraction of sp³-hybridized carbons (Fsp3) is 0.625. The predicted octanol–water partition coefficient (Wildman–Crippen LogP) is 1.70. The van der Waals surface area contributed by atoms with Gasteiger partial charge in [-0.2, -0.15) is 0 Å². The van der Waals surface area contributed by atoms with Gasteiger partial charge >= 0.3 is 5.97 Å². The highest BCUT2D eigenvalue weighted by Crippen LogP contribution is 2.64. The Kier molecular flexibility index (Phi) is 7.03. The molecule has 1 amide bonds. The number of methoxy groups -OCH3 is 1. The third-order valence-corrected chi connectivity index (χ3v) is 7.95. The number of nitrogens with zero attached hydrogens (tertiary/aromatic N) is 1. The summed E-state index contributed by atoms with van der Waals surface area (Å²) in [6.45, 7) is -0.181. The Morgan fingerprint density at radius 3 is 2.25 bits per heavy atom. The van der Waals surface area contributed by atoms with Crippen molar-refractivity contribution in [2.75, 3.05) is 20.7 Å². The van der Waals surface area contributed by atoms with Gasteiger partial charge in [0.15, 0.2) is 5.78 Å². The van der Waals surface area contributed by atoms with Gasteiger partial charge in [-0.15, -0.1) is 12.4 Å². The molecule has 3 unspecified atom stereocenters. The highest BCUT2D eigenvalue weighted by molar-refractivity contribution is 5.96. The van der Waals surface area contributed by atoms with E-state index in [0.717, 1.165) is 24.8 Å². The maximum atomic E-state index is 14.2. The number of amides is 1. The van der Waals surface area contributed by atoms with Crippen LogP contribution >= 0.6 is 12.4 Å². The largest absolute Gasteiger partial charge is 0.469 e. The van der Waals surface area contributed by atoms with Gasteiger partial charge in [0, 0.05) is 12.6 Å². The molecule has 7 nitrogen and oxygen atoms in total. The zero-order valence-corrected chi connectivity index (χ0v) is 19.6. The number of rotatable bonds is 7. The molecule has 4 saturated carbocycles. The molecule has 4 N–H and O–H groups in total. The van der Waals surface area contributed by atoms with Gasteiger partial charge in [-0.1, -0.05) is 30.3 Å². The van der Waals surface area contributed by atoms with Crippen LogP contribution in [0.15, 0.2) is 30.3 Å². The quantitative estimate of drug-likeness (QED) is 0.594. The Morgan fingerprint density at radius 1 is 1.12 bits per heavy atom. The van der Waals surface area contributed by atoms with Crippen LogP contribution < -0.4 is 11.5 Å². The van der Waals surface area contributed by atoms with Crippen molar-refractivity contribution in [3.63, 3.8) is 0 Å². The van der Waals surface area contributed by atoms with E-state index in [1.807, 2.05) is 30.3 Å². The van der Waals surface area contributed by atoms with Crippen molar-refractivity contribution in [2.45, 2.75) is 50.1 Å². The van der Waals surface area contributed by atoms with Crippen molar-refractivity contribution in [3.05, 3.63) is 35.9 Å². The molecule has 4 aliphatic carbocycles. The van der Waals surface area contributed by atoms with E-state index >= 15 is 0 Å². The van der Waals surface area contributed by atoms with Crippen molar-refractivity contribution < 1.29 is 19.1 Å². The third-order valence-electron chi connectivity index (χ3n) is 7.95. The monoisotopic (exact) mass is 463 g/mol. The fourth-order valence-electron chi connectivity index (χ4n) is 7.06. The number of nitrogens with two attached hydrogens (primary N) is 2. The van der Waals surface area contributed by atoms with E-state index in [1.165, 1.54) is 12.0 Å². The molecule has 0 heterocycles. The summed E-state index contributed by atoms with van der Waals surface area (Å²) in [5, 5.41) is 0. The minimum absolute atomic E-state index is 0. The summed E-state index contributed by atoms with van der Waals surface area (Å²) < 4.78 is 5.24. The lowest BCUT2D eigenvalue weighted by atomic mass is 9.41. The molecule has 8 heteroatoms. The van der Waals surface area contributed by atoms with Gasteiger partial charge in [0.25, 0.3) is 0 Å². The first kappa shape index (κ1) is 24.7. The van der Waals surface area contributed by atoms with Crippen LogP contribution in [0.4, 0.5) is 0 Å². The van der Waals surface area contributed by atoms with Crippen LogP contribution in [0.3, 0.4) is 0 Å². The van der Waals surface area contributed by atoms with E-state index in [-0.39, 0.29) is 36.6 Å². The first-order valence-corrected chi connectivity index (χ1v) is 11.1. The second-order valence-electron chi connectivity index (χ2n) is 9.91. The van der Waals surface area contributed by atoms with Gasteiger partial charge in [0.2, 0.25) is 5.91 Å². The number of benzene rings is 1. The summed E-state index contributed by atoms with van der Waals surface area (Å²) >= 11 is 0. The minimum Gasteiger partial charge on any atom is -0.469 e. The molecule has 32 heavy (non-hydrogen) atoms. The Labute approximate surface area is 195 Å². The molecule has 4 aliphatic rings. The lowest BCUT2D eigenvalue weighted by Gasteiger charge is -2.63. The summed E-state index contributed by atoms with van der Waals surface area (Å²) in [5.41, 5.74) is 11.9. The summed E-state index contributed by atoms with van der Waals surface area (Å²) in [5.74, 6) is -0.757. The van der Waals surface area contributed by atoms with E-state index in [9.17, 15) is 14.4 Å². The number of ketones is 1. The average molecular weight is 464 g/mol.